The van der Waals surface area contributed by atoms with E-state index in [4.69, 9.17) is 78.2 Å². The Bertz CT molecular complexity index is 5290. The lowest BCUT2D eigenvalue weighted by atomic mass is 10.1. The number of anilines is 3. The first-order chi connectivity index (χ1) is 69.9. The minimum Gasteiger partial charge on any atom is -0.508 e. The Kier molecular flexibility index (Phi) is 70.6. The Morgan fingerprint density at radius 1 is 0.375 bits per heavy atom. The molecule has 13 aromatic rings. The lowest BCUT2D eigenvalue weighted by Gasteiger charge is -2.28. The van der Waals surface area contributed by atoms with Gasteiger partial charge in [0.2, 0.25) is 17.6 Å². The van der Waals surface area contributed by atoms with E-state index < -0.39 is 11.9 Å². The molecular formula is C116H148N8O20. The highest BCUT2D eigenvalue weighted by Gasteiger charge is 2.13. The van der Waals surface area contributed by atoms with E-state index in [0.29, 0.717) is 48.1 Å². The molecule has 2 saturated heterocycles. The Morgan fingerprint density at radius 3 is 1.11 bits per heavy atom. The molecule has 144 heavy (non-hydrogen) atoms. The van der Waals surface area contributed by atoms with Crippen LogP contribution in [0.2, 0.25) is 0 Å². The molecule has 0 atom stereocenters. The molecule has 15 rings (SSSR count). The molecule has 0 aliphatic carbocycles. The summed E-state index contributed by atoms with van der Waals surface area (Å²) in [4.78, 5) is 71.0. The number of morpholine rings is 1. The maximum absolute atomic E-state index is 11.3. The van der Waals surface area contributed by atoms with Gasteiger partial charge in [-0.25, -0.2) is 9.59 Å². The maximum atomic E-state index is 11.3. The molecule has 13 aromatic carbocycles. The normalized spacial score (nSPS) is 10.7. The van der Waals surface area contributed by atoms with E-state index in [1.807, 2.05) is 298 Å². The van der Waals surface area contributed by atoms with Gasteiger partial charge in [0.15, 0.2) is 34.6 Å². The second-order valence-electron chi connectivity index (χ2n) is 30.3. The number of hydrogen-bond acceptors (Lipinski definition) is 22. The molecule has 2 fully saturated rings. The fourth-order valence-electron chi connectivity index (χ4n) is 11.9. The number of ketones is 2. The number of hydrogen-bond donors (Lipinski definition) is 6. The van der Waals surface area contributed by atoms with Crippen molar-refractivity contribution in [2.75, 3.05) is 167 Å². The average molecular weight is 1970 g/mol. The summed E-state index contributed by atoms with van der Waals surface area (Å²) in [5.74, 6) is 7.77. The highest BCUT2D eigenvalue weighted by Crippen LogP contribution is 2.36. The Labute approximate surface area is 852 Å². The molecule has 0 bridgehead atoms. The number of phenolic OH excluding ortho intramolecular Hbond substituents is 1. The van der Waals surface area contributed by atoms with Crippen molar-refractivity contribution in [3.63, 3.8) is 0 Å². The summed E-state index contributed by atoms with van der Waals surface area (Å²) in [7, 11) is 23.1. The standard InChI is InChI=1S/C10H11NO2.C10H13NO.C9H12N2O.C9H12O3.C9H10O.C8H10N2O.C8H17NO.C8H9NO.3C8H10O2.C8H10O.C7H8O.C6H6O/c11-10(13)7-6-9(12)8-4-2-1-3-5-8;1-2-4-10(5-3-1)11-6-8-12-9-7-11;1-11(2)9(12)10-8-6-4-3-5-7-8;1-10-7-5-4-6-8(11-2)9(7)12-3;1-2-9(10)8-6-4-3-5-7-8;9-8(11)10-6-7-4-2-1-3-5-7;1-10-8-7-9-5-3-2-4-6-9;1-7(10)9-8-5-3-2-4-6-8;1-9-7-3-5-8(10-2)6-4-7;1-9-7-4-3-5-8(6-7)10-2;1-9-7-5-3-4-6-8(7)10-2;1-9-7-8-5-3-2-4-6-8;1-8-7-5-3-2-4-6-7;7-6-4-2-1-3-5-6/h1-5H,6-7H2,(H2,11,13);1-5H,6-9H2;3-7H,1-2H3,(H,10,12);4-6H,1-3H3;3-7H,2H2,1H3;1-5H,6H2,(H3,9,10,11);2-8H2,1H3;2-6H,1H3,(H,9,10);3*3-6H,1-2H3;2-6H,7H2,1H3;2-6H,1H3;1-5,7H. The van der Waals surface area contributed by atoms with Crippen molar-refractivity contribution in [3.05, 3.63) is 386 Å². The van der Waals surface area contributed by atoms with E-state index in [0.717, 1.165) is 102 Å². The summed E-state index contributed by atoms with van der Waals surface area (Å²) in [6.07, 6.45) is 5.08. The number of methoxy groups -OCH3 is 12. The Hall–Kier alpha value is -15.9. The number of ether oxygens (including phenoxy) is 13. The Morgan fingerprint density at radius 2 is 0.743 bits per heavy atom. The van der Waals surface area contributed by atoms with Crippen molar-refractivity contribution in [2.45, 2.75) is 65.5 Å². The summed E-state index contributed by atoms with van der Waals surface area (Å²) in [6, 6.07) is 113. The van der Waals surface area contributed by atoms with Gasteiger partial charge < -0.3 is 109 Å². The zero-order valence-electron chi connectivity index (χ0n) is 86.2. The number of carbonyl (C=O) groups excluding carboxylic acids is 6. The van der Waals surface area contributed by atoms with Crippen LogP contribution in [0.5, 0.6) is 63.2 Å². The van der Waals surface area contributed by atoms with Crippen LogP contribution in [-0.4, -0.2) is 202 Å². The van der Waals surface area contributed by atoms with E-state index in [-0.39, 0.29) is 36.3 Å². The first-order valence-electron chi connectivity index (χ1n) is 46.5. The van der Waals surface area contributed by atoms with Gasteiger partial charge in [-0.3, -0.25) is 19.2 Å². The summed E-state index contributed by atoms with van der Waals surface area (Å²) < 4.78 is 65.3. The van der Waals surface area contributed by atoms with E-state index in [1.165, 1.54) is 55.4 Å². The number of para-hydroxylation sites is 8. The molecular weight excluding hydrogens is 1830 g/mol. The molecule has 0 spiro atoms. The number of aromatic hydroxyl groups is 1. The largest absolute Gasteiger partial charge is 0.508 e. The van der Waals surface area contributed by atoms with E-state index >= 15 is 0 Å². The molecule has 2 aliphatic rings. The number of nitrogens with zero attached hydrogens (tertiary/aromatic N) is 3. The van der Waals surface area contributed by atoms with Crippen LogP contribution in [0.3, 0.4) is 0 Å². The van der Waals surface area contributed by atoms with Crippen LogP contribution in [0.4, 0.5) is 26.7 Å². The van der Waals surface area contributed by atoms with Gasteiger partial charge >= 0.3 is 12.1 Å². The lowest BCUT2D eigenvalue weighted by Crippen LogP contribution is -2.36. The number of likely N-dealkylation sites (tertiary alicyclic amines) is 1. The van der Waals surface area contributed by atoms with E-state index in [2.05, 4.69) is 50.0 Å². The lowest BCUT2D eigenvalue weighted by molar-refractivity contribution is -0.118. The number of nitrogens with two attached hydrogens (primary N) is 2. The third-order valence-electron chi connectivity index (χ3n) is 19.5. The first kappa shape index (κ1) is 124. The molecule has 0 aromatic heterocycles. The number of carbonyl (C=O) groups is 6. The average Bonchev–Trinajstić information content (AvgIpc) is 0.852. The fourth-order valence-corrected chi connectivity index (χ4v) is 11.9. The third-order valence-corrected chi connectivity index (χ3v) is 19.5. The number of rotatable bonds is 26. The van der Waals surface area contributed by atoms with Crippen LogP contribution in [0.25, 0.3) is 0 Å². The van der Waals surface area contributed by atoms with Crippen LogP contribution in [0, 0.1) is 0 Å². The van der Waals surface area contributed by atoms with Crippen LogP contribution in [-0.2, 0) is 37.0 Å². The monoisotopic (exact) mass is 1970 g/mol. The van der Waals surface area contributed by atoms with E-state index in [9.17, 15) is 28.8 Å². The second-order valence-corrected chi connectivity index (χ2v) is 30.3. The van der Waals surface area contributed by atoms with Gasteiger partial charge in [0.25, 0.3) is 0 Å². The van der Waals surface area contributed by atoms with Gasteiger partial charge in [0.05, 0.1) is 97.5 Å². The van der Waals surface area contributed by atoms with Gasteiger partial charge in [0.1, 0.15) is 34.5 Å². The molecule has 0 unspecified atom stereocenters. The maximum Gasteiger partial charge on any atom is 0.321 e. The molecule has 2 aliphatic heterocycles. The number of benzene rings is 13. The number of urea groups is 2. The number of phenols is 1. The molecule has 8 N–H and O–H groups in total. The number of Topliss-reactive ketones (excluding diaryl/α,β-unsaturated/α-hetero) is 2. The molecule has 28 heteroatoms. The zero-order chi connectivity index (χ0) is 106. The van der Waals surface area contributed by atoms with Crippen molar-refractivity contribution in [1.29, 1.82) is 0 Å². The predicted molar refractivity (Wildman–Crippen MR) is 578 cm³/mol. The number of piperidine rings is 1. The summed E-state index contributed by atoms with van der Waals surface area (Å²) in [6.45, 7) is 12.9. The number of primary amides is 2. The van der Waals surface area contributed by atoms with Crippen molar-refractivity contribution in [1.82, 2.24) is 15.1 Å². The Balaban J connectivity index is 0.000000525. The minimum absolute atomic E-state index is 0.0359. The summed E-state index contributed by atoms with van der Waals surface area (Å²) in [5.41, 5.74) is 16.5. The minimum atomic E-state index is -0.492. The third kappa shape index (κ3) is 60.9. The van der Waals surface area contributed by atoms with Crippen LogP contribution in [0.15, 0.2) is 364 Å². The SMILES string of the molecule is CC(=O)Nc1ccccc1.CCC(=O)c1ccccc1.CN(C)C(=O)Nc1ccccc1.COCCN1CCCCC1.COCc1ccccc1.COc1ccc(OC)cc1.COc1cccc(OC)c1.COc1cccc(OC)c1OC.COc1ccccc1.COc1ccccc1OC.NC(=O)CCC(=O)c1ccccc1.NC(=O)NCc1ccccc1.Oc1ccccc1.c1ccc(N2CCOCC2)cc1. The predicted octanol–water partition coefficient (Wildman–Crippen LogP) is 22.1. The first-order valence-corrected chi connectivity index (χ1v) is 46.5. The van der Waals surface area contributed by atoms with Crippen molar-refractivity contribution >= 4 is 52.5 Å². The molecule has 0 saturated carbocycles. The van der Waals surface area contributed by atoms with Gasteiger partial charge in [-0.2, -0.15) is 0 Å². The van der Waals surface area contributed by atoms with Gasteiger partial charge in [-0.05, 0) is 158 Å². The van der Waals surface area contributed by atoms with Gasteiger partial charge in [-0.15, -0.1) is 0 Å². The number of nitrogens with one attached hydrogen (secondary N) is 3. The van der Waals surface area contributed by atoms with Crippen LogP contribution >= 0.6 is 0 Å². The molecule has 6 amide bonds. The summed E-state index contributed by atoms with van der Waals surface area (Å²) >= 11 is 0. The highest BCUT2D eigenvalue weighted by atomic mass is 16.5. The van der Waals surface area contributed by atoms with Crippen LogP contribution < -0.4 is 79.7 Å². The summed E-state index contributed by atoms with van der Waals surface area (Å²) in [5, 5.41) is 16.5. The van der Waals surface area contributed by atoms with Crippen molar-refractivity contribution < 1.29 is 95.5 Å². The highest BCUT2D eigenvalue weighted by molar-refractivity contribution is 5.98. The van der Waals surface area contributed by atoms with E-state index in [1.54, 1.807) is 148 Å². The van der Waals surface area contributed by atoms with Crippen molar-refractivity contribution in [3.8, 4) is 63.2 Å². The fraction of sp³-hybridized carbons (Fsp3) is 0.276. The molecule has 0 radical (unpaired) electrons. The zero-order valence-corrected chi connectivity index (χ0v) is 86.2. The van der Waals surface area contributed by atoms with Gasteiger partial charge in [-0.1, -0.05) is 250 Å². The molecule has 28 nitrogen and oxygen atoms in total. The van der Waals surface area contributed by atoms with Crippen molar-refractivity contribution in [2.24, 2.45) is 11.5 Å². The van der Waals surface area contributed by atoms with Gasteiger partial charge in [0, 0.05) is 115 Å². The molecule has 2 heterocycles. The topological polar surface area (TPSA) is 340 Å². The smallest absolute Gasteiger partial charge is 0.321 e. The molecule has 772 valence electrons. The second kappa shape index (κ2) is 81.9. The number of amides is 6. The van der Waals surface area contributed by atoms with Crippen LogP contribution in [0.1, 0.15) is 84.2 Å². The quantitative estimate of drug-likeness (QED) is 0.0274.